The summed E-state index contributed by atoms with van der Waals surface area (Å²) in [6, 6.07) is 7.58. The summed E-state index contributed by atoms with van der Waals surface area (Å²) in [5.74, 6) is -2.21. The van der Waals surface area contributed by atoms with Crippen LogP contribution in [0.2, 0.25) is 0 Å². The molecule has 0 aromatic heterocycles. The van der Waals surface area contributed by atoms with Crippen LogP contribution >= 0.6 is 0 Å². The summed E-state index contributed by atoms with van der Waals surface area (Å²) in [6.45, 7) is 1.98. The first kappa shape index (κ1) is 34.9. The van der Waals surface area contributed by atoms with Gasteiger partial charge in [0.25, 0.3) is 5.91 Å². The third kappa shape index (κ3) is 8.27. The average Bonchev–Trinajstić information content (AvgIpc) is 3.99. The Balaban J connectivity index is 1.26. The lowest BCUT2D eigenvalue weighted by Gasteiger charge is -2.30. The van der Waals surface area contributed by atoms with E-state index in [1.54, 1.807) is 0 Å². The van der Waals surface area contributed by atoms with E-state index in [0.29, 0.717) is 37.8 Å². The number of carbonyl (C=O) groups is 4. The van der Waals surface area contributed by atoms with Crippen LogP contribution in [0.3, 0.4) is 0 Å². The minimum absolute atomic E-state index is 0.0284. The molecule has 0 radical (unpaired) electrons. The van der Waals surface area contributed by atoms with Crippen LogP contribution in [0.4, 0.5) is 4.79 Å². The number of carbonyl (C=O) groups excluding carboxylic acids is 4. The van der Waals surface area contributed by atoms with Crippen molar-refractivity contribution < 1.29 is 37.2 Å². The van der Waals surface area contributed by atoms with Crippen LogP contribution in [-0.4, -0.2) is 84.5 Å². The molecule has 2 aliphatic heterocycles. The molecule has 3 saturated carbocycles. The highest BCUT2D eigenvalue weighted by atomic mass is 32.2. The van der Waals surface area contributed by atoms with Crippen molar-refractivity contribution in [1.29, 1.82) is 0 Å². The van der Waals surface area contributed by atoms with E-state index >= 15 is 0 Å². The van der Waals surface area contributed by atoms with Gasteiger partial charge in [-0.1, -0.05) is 67.4 Å². The van der Waals surface area contributed by atoms with E-state index in [2.05, 4.69) is 20.5 Å². The van der Waals surface area contributed by atoms with Crippen LogP contribution in [0, 0.1) is 5.92 Å². The third-order valence-corrected chi connectivity index (χ3v) is 12.0. The minimum atomic E-state index is -3.86. The third-order valence-electron chi connectivity index (χ3n) is 10.2. The number of fused-ring (bicyclic) bond motifs is 2. The van der Waals surface area contributed by atoms with Gasteiger partial charge in [0.15, 0.2) is 0 Å². The number of sulfonamides is 1. The van der Waals surface area contributed by atoms with Crippen LogP contribution in [-0.2, 0) is 34.0 Å². The highest BCUT2D eigenvalue weighted by Crippen LogP contribution is 2.46. The van der Waals surface area contributed by atoms with Crippen molar-refractivity contribution in [2.45, 2.75) is 125 Å². The number of benzene rings is 1. The molecule has 2 heterocycles. The van der Waals surface area contributed by atoms with Crippen molar-refractivity contribution in [3.63, 3.8) is 0 Å². The first-order valence-electron chi connectivity index (χ1n) is 17.7. The average molecular weight is 698 g/mol. The van der Waals surface area contributed by atoms with Crippen LogP contribution in [0.25, 0.3) is 0 Å². The Labute approximate surface area is 287 Å². The molecule has 5 atom stereocenters. The van der Waals surface area contributed by atoms with Crippen LogP contribution in [0.5, 0.6) is 0 Å². The van der Waals surface area contributed by atoms with E-state index in [1.807, 2.05) is 49.4 Å². The monoisotopic (exact) mass is 697 g/mol. The minimum Gasteiger partial charge on any atom is -0.446 e. The molecule has 0 spiro atoms. The molecule has 5 aliphatic rings. The van der Waals surface area contributed by atoms with E-state index < -0.39 is 68.7 Å². The second kappa shape index (κ2) is 14.9. The smallest absolute Gasteiger partial charge is 0.408 e. The van der Waals surface area contributed by atoms with Gasteiger partial charge < -0.3 is 25.1 Å². The van der Waals surface area contributed by atoms with Crippen molar-refractivity contribution in [2.24, 2.45) is 11.1 Å². The van der Waals surface area contributed by atoms with Crippen molar-refractivity contribution in [2.75, 3.05) is 6.54 Å². The van der Waals surface area contributed by atoms with Gasteiger partial charge >= 0.3 is 6.09 Å². The number of nitrogens with zero attached hydrogens (tertiary/aromatic N) is 2. The molecule has 1 saturated heterocycles. The maximum Gasteiger partial charge on any atom is 0.408 e. The maximum atomic E-state index is 14.3. The summed E-state index contributed by atoms with van der Waals surface area (Å²) in [6.07, 6.45) is 10.2. The summed E-state index contributed by atoms with van der Waals surface area (Å²) in [4.78, 5) is 62.2. The molecule has 1 aromatic rings. The lowest BCUT2D eigenvalue weighted by Crippen LogP contribution is -2.58. The normalized spacial score (nSPS) is 30.3. The molecule has 266 valence electrons. The molecule has 4 amide bonds. The molecule has 6 rings (SSSR count). The van der Waals surface area contributed by atoms with Gasteiger partial charge in [0.05, 0.1) is 17.5 Å². The van der Waals surface area contributed by atoms with E-state index in [9.17, 15) is 27.6 Å². The van der Waals surface area contributed by atoms with Gasteiger partial charge in [-0.15, -0.1) is 0 Å². The van der Waals surface area contributed by atoms with E-state index in [4.69, 9.17) is 9.57 Å². The van der Waals surface area contributed by atoms with Gasteiger partial charge in [-0.2, -0.15) is 0 Å². The van der Waals surface area contributed by atoms with Gasteiger partial charge in [-0.3, -0.25) is 19.1 Å². The standard InChI is InChI=1S/C35H47N5O8S/c1-2-28(23-12-7-6-8-13-23)38-48-26-20-30-31(41)37-35(33(43)39-49(45,46)27-18-19-27)21-24(35)14-9-4-3-5-10-17-29(32(42)40(30)22-26)36-34(44)47-25-15-11-16-25/h6-9,12-14,24-27,29-30H,2-5,10-11,15-22H2,1H3,(H,36,44)(H,37,41)(H,39,43)/b14-9-,38-28+/t24?,26-,29+,30+,35-/m1/s1. The summed E-state index contributed by atoms with van der Waals surface area (Å²) in [5, 5.41) is 9.44. The fourth-order valence-corrected chi connectivity index (χ4v) is 8.11. The van der Waals surface area contributed by atoms with Gasteiger partial charge in [-0.25, -0.2) is 13.2 Å². The Morgan fingerprint density at radius 2 is 1.80 bits per heavy atom. The number of allylic oxidation sites excluding steroid dienone is 1. The Hall–Kier alpha value is -3.94. The lowest BCUT2D eigenvalue weighted by molar-refractivity contribution is -0.141. The quantitative estimate of drug-likeness (QED) is 0.200. The van der Waals surface area contributed by atoms with Crippen molar-refractivity contribution >= 4 is 39.5 Å². The second-order valence-corrected chi connectivity index (χ2v) is 15.9. The SMILES string of the molecule is CC/C(=N\O[C@@H]1C[C@H]2C(=O)N[C@]3(C(=O)NS(=O)(=O)C4CC4)CC3/C=C\CCCCC[C@H](NC(=O)OC3CCC3)C(=O)N2C1)c1ccccc1. The number of rotatable bonds is 9. The number of ether oxygens (including phenoxy) is 1. The number of hydrogen-bond donors (Lipinski definition) is 3. The highest BCUT2D eigenvalue weighted by molar-refractivity contribution is 7.91. The highest BCUT2D eigenvalue weighted by Gasteiger charge is 2.62. The summed E-state index contributed by atoms with van der Waals surface area (Å²) in [7, 11) is -3.86. The van der Waals surface area contributed by atoms with Crippen LogP contribution in [0.15, 0.2) is 47.6 Å². The molecule has 3 N–H and O–H groups in total. The Bertz CT molecular complexity index is 1570. The summed E-state index contributed by atoms with van der Waals surface area (Å²) >= 11 is 0. The zero-order valence-corrected chi connectivity index (χ0v) is 28.8. The number of oxime groups is 1. The Kier molecular flexibility index (Phi) is 10.6. The number of amides is 4. The van der Waals surface area contributed by atoms with E-state index in [1.165, 1.54) is 4.90 Å². The van der Waals surface area contributed by atoms with E-state index in [0.717, 1.165) is 44.1 Å². The molecular weight excluding hydrogens is 650 g/mol. The van der Waals surface area contributed by atoms with E-state index in [-0.39, 0.29) is 25.5 Å². The van der Waals surface area contributed by atoms with Crippen LogP contribution in [0.1, 0.15) is 96.0 Å². The summed E-state index contributed by atoms with van der Waals surface area (Å²) < 4.78 is 33.2. The zero-order chi connectivity index (χ0) is 34.6. The zero-order valence-electron chi connectivity index (χ0n) is 28.0. The molecule has 1 aromatic carbocycles. The molecular formula is C35H47N5O8S. The Morgan fingerprint density at radius 1 is 1.02 bits per heavy atom. The maximum absolute atomic E-state index is 14.3. The molecule has 0 bridgehead atoms. The number of alkyl carbamates (subject to hydrolysis) is 1. The van der Waals surface area contributed by atoms with Crippen LogP contribution < -0.4 is 15.4 Å². The molecule has 14 heteroatoms. The fraction of sp³-hybridized carbons (Fsp3) is 0.629. The molecule has 49 heavy (non-hydrogen) atoms. The summed E-state index contributed by atoms with van der Waals surface area (Å²) in [5.41, 5.74) is 0.135. The van der Waals surface area contributed by atoms with Crippen molar-refractivity contribution in [3.05, 3.63) is 48.0 Å². The molecule has 13 nitrogen and oxygen atoms in total. The number of hydrogen-bond acceptors (Lipinski definition) is 9. The van der Waals surface area contributed by atoms with Crippen molar-refractivity contribution in [3.8, 4) is 0 Å². The second-order valence-electron chi connectivity index (χ2n) is 13.9. The predicted molar refractivity (Wildman–Crippen MR) is 181 cm³/mol. The van der Waals surface area contributed by atoms with Gasteiger partial charge in [0.2, 0.25) is 21.8 Å². The Morgan fingerprint density at radius 3 is 2.49 bits per heavy atom. The largest absolute Gasteiger partial charge is 0.446 e. The molecule has 4 fully saturated rings. The predicted octanol–water partition coefficient (Wildman–Crippen LogP) is 3.44. The van der Waals surface area contributed by atoms with Gasteiger partial charge in [0, 0.05) is 12.3 Å². The van der Waals surface area contributed by atoms with Gasteiger partial charge in [0.1, 0.15) is 29.8 Å². The molecule has 1 unspecified atom stereocenters. The first-order valence-corrected chi connectivity index (χ1v) is 19.2. The first-order chi connectivity index (χ1) is 23.6. The topological polar surface area (TPSA) is 173 Å². The fourth-order valence-electron chi connectivity index (χ4n) is 6.74. The number of nitrogens with one attached hydrogen (secondary N) is 3. The molecule has 3 aliphatic carbocycles. The van der Waals surface area contributed by atoms with Crippen molar-refractivity contribution in [1.82, 2.24) is 20.3 Å². The van der Waals surface area contributed by atoms with Gasteiger partial charge in [-0.05, 0) is 69.8 Å². The lowest BCUT2D eigenvalue weighted by atomic mass is 9.96.